The first-order valence-corrected chi connectivity index (χ1v) is 7.52. The molecule has 0 aliphatic rings. The second-order valence-corrected chi connectivity index (χ2v) is 5.80. The summed E-state index contributed by atoms with van der Waals surface area (Å²) in [6.45, 7) is 1.42. The van der Waals surface area contributed by atoms with Gasteiger partial charge in [0, 0.05) is 18.8 Å². The average molecular weight is 345 g/mol. The van der Waals surface area contributed by atoms with Gasteiger partial charge in [-0.3, -0.25) is 19.6 Å². The molecule has 2 heterocycles. The molecule has 2 aromatic heterocycles. The van der Waals surface area contributed by atoms with E-state index >= 15 is 0 Å². The first kappa shape index (κ1) is 15.6. The lowest BCUT2D eigenvalue weighted by atomic mass is 10.3. The van der Waals surface area contributed by atoms with Gasteiger partial charge in [-0.25, -0.2) is 14.8 Å². The molecule has 9 nitrogen and oxygen atoms in total. The third-order valence-electron chi connectivity index (χ3n) is 2.96. The molecular formula is C14H11N5O4S. The molecule has 0 saturated heterocycles. The lowest BCUT2D eigenvalue weighted by Crippen LogP contribution is -2.24. The lowest BCUT2D eigenvalue weighted by molar-refractivity contribution is -0.114. The Bertz CT molecular complexity index is 1080. The van der Waals surface area contributed by atoms with Crippen molar-refractivity contribution in [1.29, 1.82) is 0 Å². The number of amides is 1. The van der Waals surface area contributed by atoms with Crippen LogP contribution in [0.4, 0.5) is 10.8 Å². The van der Waals surface area contributed by atoms with Gasteiger partial charge in [-0.15, -0.1) is 0 Å². The van der Waals surface area contributed by atoms with Crippen molar-refractivity contribution in [2.75, 3.05) is 5.32 Å². The first-order chi connectivity index (χ1) is 11.4. The Balaban J connectivity index is 1.94. The molecule has 0 saturated carbocycles. The van der Waals surface area contributed by atoms with Crippen LogP contribution < -0.4 is 16.6 Å². The van der Waals surface area contributed by atoms with E-state index < -0.39 is 17.1 Å². The molecule has 122 valence electrons. The van der Waals surface area contributed by atoms with Gasteiger partial charge in [-0.05, 0) is 18.2 Å². The van der Waals surface area contributed by atoms with Crippen LogP contribution >= 0.6 is 11.3 Å². The molecule has 0 aliphatic carbocycles. The third-order valence-corrected chi connectivity index (χ3v) is 3.89. The van der Waals surface area contributed by atoms with E-state index in [2.05, 4.69) is 20.3 Å². The SMILES string of the molecule is CC(=O)Nc1ccc2nc(N=Cc3c(O)[nH]c(=O)[nH]c3=O)sc2c1. The molecule has 0 atom stereocenters. The van der Waals surface area contributed by atoms with Gasteiger partial charge in [0.1, 0.15) is 5.56 Å². The Kier molecular flexibility index (Phi) is 3.96. The van der Waals surface area contributed by atoms with E-state index in [1.807, 2.05) is 4.98 Å². The number of aromatic nitrogens is 3. The number of H-pyrrole nitrogens is 2. The zero-order chi connectivity index (χ0) is 17.3. The maximum Gasteiger partial charge on any atom is 0.328 e. The van der Waals surface area contributed by atoms with E-state index in [4.69, 9.17) is 0 Å². The fraction of sp³-hybridized carbons (Fsp3) is 0.0714. The van der Waals surface area contributed by atoms with Crippen LogP contribution in [0.25, 0.3) is 10.2 Å². The van der Waals surface area contributed by atoms with Gasteiger partial charge >= 0.3 is 5.69 Å². The summed E-state index contributed by atoms with van der Waals surface area (Å²) in [5.41, 5.74) is -0.410. The normalized spacial score (nSPS) is 11.2. The van der Waals surface area contributed by atoms with Gasteiger partial charge in [-0.2, -0.15) is 0 Å². The Labute approximate surface area is 137 Å². The van der Waals surface area contributed by atoms with E-state index in [1.165, 1.54) is 18.3 Å². The summed E-state index contributed by atoms with van der Waals surface area (Å²) in [6.07, 6.45) is 1.12. The topological polar surface area (TPSA) is 140 Å². The molecule has 10 heteroatoms. The van der Waals surface area contributed by atoms with E-state index in [0.29, 0.717) is 16.3 Å². The van der Waals surface area contributed by atoms with Crippen molar-refractivity contribution >= 4 is 44.5 Å². The van der Waals surface area contributed by atoms with E-state index in [0.717, 1.165) is 10.9 Å². The second-order valence-electron chi connectivity index (χ2n) is 4.79. The van der Waals surface area contributed by atoms with Crippen molar-refractivity contribution in [3.8, 4) is 5.88 Å². The van der Waals surface area contributed by atoms with Crippen LogP contribution in [-0.2, 0) is 4.79 Å². The number of carbonyl (C=O) groups is 1. The van der Waals surface area contributed by atoms with Crippen molar-refractivity contribution < 1.29 is 9.90 Å². The monoisotopic (exact) mass is 345 g/mol. The average Bonchev–Trinajstić information content (AvgIpc) is 2.87. The smallest absolute Gasteiger partial charge is 0.328 e. The van der Waals surface area contributed by atoms with Crippen LogP contribution in [0.5, 0.6) is 5.88 Å². The van der Waals surface area contributed by atoms with Crippen molar-refractivity contribution in [1.82, 2.24) is 15.0 Å². The number of hydrogen-bond donors (Lipinski definition) is 4. The van der Waals surface area contributed by atoms with E-state index in [-0.39, 0.29) is 11.5 Å². The molecule has 4 N–H and O–H groups in total. The predicted octanol–water partition coefficient (Wildman–Crippen LogP) is 1.09. The van der Waals surface area contributed by atoms with Gasteiger partial charge in [0.15, 0.2) is 0 Å². The van der Waals surface area contributed by atoms with Crippen molar-refractivity contribution in [3.05, 3.63) is 44.6 Å². The van der Waals surface area contributed by atoms with Gasteiger partial charge in [0.2, 0.25) is 16.9 Å². The quantitative estimate of drug-likeness (QED) is 0.526. The van der Waals surface area contributed by atoms with Crippen LogP contribution in [0.1, 0.15) is 12.5 Å². The number of aromatic hydroxyl groups is 1. The van der Waals surface area contributed by atoms with Crippen LogP contribution in [0.15, 0.2) is 32.8 Å². The van der Waals surface area contributed by atoms with Crippen LogP contribution in [0.2, 0.25) is 0 Å². The van der Waals surface area contributed by atoms with Gasteiger partial charge in [0.25, 0.3) is 5.56 Å². The van der Waals surface area contributed by atoms with Crippen molar-refractivity contribution in [3.63, 3.8) is 0 Å². The summed E-state index contributed by atoms with van der Waals surface area (Å²) in [5.74, 6) is -0.744. The highest BCUT2D eigenvalue weighted by Crippen LogP contribution is 2.30. The number of aromatic amines is 2. The Hall–Kier alpha value is -3.27. The molecule has 0 spiro atoms. The first-order valence-electron chi connectivity index (χ1n) is 6.70. The molecule has 0 bridgehead atoms. The zero-order valence-electron chi connectivity index (χ0n) is 12.3. The Morgan fingerprint density at radius 1 is 1.38 bits per heavy atom. The molecule has 1 amide bonds. The number of hydrogen-bond acceptors (Lipinski definition) is 7. The fourth-order valence-corrected chi connectivity index (χ4v) is 2.82. The summed E-state index contributed by atoms with van der Waals surface area (Å²) in [7, 11) is 0. The zero-order valence-corrected chi connectivity index (χ0v) is 13.1. The van der Waals surface area contributed by atoms with Crippen LogP contribution in [0, 0.1) is 0 Å². The lowest BCUT2D eigenvalue weighted by Gasteiger charge is -1.99. The molecule has 0 fully saturated rings. The summed E-state index contributed by atoms with van der Waals surface area (Å²) in [6, 6.07) is 5.22. The molecule has 0 aliphatic heterocycles. The molecular weight excluding hydrogens is 334 g/mol. The number of nitrogens with zero attached hydrogens (tertiary/aromatic N) is 2. The molecule has 3 rings (SSSR count). The highest BCUT2D eigenvalue weighted by molar-refractivity contribution is 7.22. The molecule has 24 heavy (non-hydrogen) atoms. The second kappa shape index (κ2) is 6.08. The number of carbonyl (C=O) groups excluding carboxylic acids is 1. The fourth-order valence-electron chi connectivity index (χ4n) is 1.97. The number of nitrogens with one attached hydrogen (secondary N) is 3. The summed E-state index contributed by atoms with van der Waals surface area (Å²) in [4.78, 5) is 46.1. The molecule has 3 aromatic rings. The largest absolute Gasteiger partial charge is 0.494 e. The summed E-state index contributed by atoms with van der Waals surface area (Å²) >= 11 is 1.25. The van der Waals surface area contributed by atoms with Gasteiger partial charge in [0.05, 0.1) is 10.2 Å². The number of fused-ring (bicyclic) bond motifs is 1. The Morgan fingerprint density at radius 3 is 2.88 bits per heavy atom. The molecule has 0 radical (unpaired) electrons. The minimum Gasteiger partial charge on any atom is -0.494 e. The Morgan fingerprint density at radius 2 is 2.17 bits per heavy atom. The number of thiazole rings is 1. The number of aliphatic imine (C=N–C) groups is 1. The summed E-state index contributed by atoms with van der Waals surface area (Å²) in [5, 5.41) is 12.6. The number of rotatable bonds is 3. The number of benzene rings is 1. The third kappa shape index (κ3) is 3.22. The molecule has 0 unspecified atom stereocenters. The standard InChI is InChI=1S/C14H11N5O4S/c1-6(20)16-7-2-3-9-10(4-7)24-14(17-9)15-5-8-11(21)18-13(23)19-12(8)22/h2-5H,1H3,(H,16,20)(H3,18,19,21,22,23). The minimum absolute atomic E-state index is 0.173. The number of anilines is 1. The maximum atomic E-state index is 11.6. The van der Waals surface area contributed by atoms with Gasteiger partial charge < -0.3 is 10.4 Å². The predicted molar refractivity (Wildman–Crippen MR) is 90.5 cm³/mol. The van der Waals surface area contributed by atoms with E-state index in [9.17, 15) is 19.5 Å². The van der Waals surface area contributed by atoms with Crippen molar-refractivity contribution in [2.24, 2.45) is 4.99 Å². The molecule has 1 aromatic carbocycles. The highest BCUT2D eigenvalue weighted by Gasteiger charge is 2.08. The van der Waals surface area contributed by atoms with Crippen LogP contribution in [-0.4, -0.2) is 32.2 Å². The van der Waals surface area contributed by atoms with Crippen LogP contribution in [0.3, 0.4) is 0 Å². The minimum atomic E-state index is -0.805. The van der Waals surface area contributed by atoms with Gasteiger partial charge in [-0.1, -0.05) is 11.3 Å². The summed E-state index contributed by atoms with van der Waals surface area (Å²) < 4.78 is 0.799. The van der Waals surface area contributed by atoms with E-state index in [1.54, 1.807) is 18.2 Å². The van der Waals surface area contributed by atoms with Crippen molar-refractivity contribution in [2.45, 2.75) is 6.92 Å². The highest BCUT2D eigenvalue weighted by atomic mass is 32.1. The maximum absolute atomic E-state index is 11.6.